The highest BCUT2D eigenvalue weighted by Crippen LogP contribution is 2.28. The molecule has 1 aromatic rings. The summed E-state index contributed by atoms with van der Waals surface area (Å²) < 4.78 is 26.6. The number of aromatic nitrogens is 1. The average Bonchev–Trinajstić information content (AvgIpc) is 2.97. The molecule has 1 aromatic heterocycles. The van der Waals surface area contributed by atoms with Crippen molar-refractivity contribution >= 4 is 27.3 Å². The van der Waals surface area contributed by atoms with Crippen molar-refractivity contribution in [2.45, 2.75) is 29.5 Å². The number of sulfonamides is 1. The van der Waals surface area contributed by atoms with Crippen LogP contribution in [0.25, 0.3) is 0 Å². The van der Waals surface area contributed by atoms with Gasteiger partial charge in [0, 0.05) is 25.7 Å². The highest BCUT2D eigenvalue weighted by molar-refractivity contribution is 7.91. The van der Waals surface area contributed by atoms with Crippen LogP contribution in [-0.4, -0.2) is 65.9 Å². The van der Waals surface area contributed by atoms with Gasteiger partial charge >= 0.3 is 5.97 Å². The maximum Gasteiger partial charge on any atom is 0.356 e. The van der Waals surface area contributed by atoms with Crippen LogP contribution in [0, 0.1) is 0 Å². The van der Waals surface area contributed by atoms with Gasteiger partial charge in [0.1, 0.15) is 0 Å². The summed E-state index contributed by atoms with van der Waals surface area (Å²) in [7, 11) is -3.76. The Bertz CT molecular complexity index is 643. The lowest BCUT2D eigenvalue weighted by Crippen LogP contribution is -2.56. The molecule has 7 nitrogen and oxygen atoms in total. The summed E-state index contributed by atoms with van der Waals surface area (Å²) in [5.41, 5.74) is 0.902. The van der Waals surface area contributed by atoms with Gasteiger partial charge in [0.15, 0.2) is 9.90 Å². The van der Waals surface area contributed by atoms with Crippen LogP contribution in [0.4, 0.5) is 0 Å². The molecule has 0 amide bonds. The zero-order valence-corrected chi connectivity index (χ0v) is 13.1. The Morgan fingerprint density at radius 2 is 2.14 bits per heavy atom. The van der Waals surface area contributed by atoms with Crippen molar-refractivity contribution in [3.63, 3.8) is 0 Å². The van der Waals surface area contributed by atoms with Gasteiger partial charge in [-0.05, 0) is 19.4 Å². The fourth-order valence-electron chi connectivity index (χ4n) is 3.02. The molecule has 2 aliphatic rings. The first-order valence-corrected chi connectivity index (χ1v) is 9.23. The molecule has 3 rings (SSSR count). The number of hydrogen-bond acceptors (Lipinski definition) is 6. The summed E-state index contributed by atoms with van der Waals surface area (Å²) in [6.07, 6.45) is 3.29. The number of carboxylic acid groups (broad SMARTS) is 1. The first-order valence-electron chi connectivity index (χ1n) is 6.91. The van der Waals surface area contributed by atoms with E-state index in [4.69, 9.17) is 5.11 Å². The number of carboxylic acids is 1. The molecule has 1 unspecified atom stereocenters. The van der Waals surface area contributed by atoms with Crippen molar-refractivity contribution in [3.05, 3.63) is 11.2 Å². The summed E-state index contributed by atoms with van der Waals surface area (Å²) in [6, 6.07) is 0.253. The van der Waals surface area contributed by atoms with E-state index < -0.39 is 16.0 Å². The van der Waals surface area contributed by atoms with Gasteiger partial charge in [-0.3, -0.25) is 4.90 Å². The Morgan fingerprint density at radius 1 is 1.33 bits per heavy atom. The third-order valence-electron chi connectivity index (χ3n) is 4.11. The van der Waals surface area contributed by atoms with Gasteiger partial charge in [-0.1, -0.05) is 6.42 Å². The number of nitrogens with zero attached hydrogens (tertiary/aromatic N) is 3. The number of piperazine rings is 1. The maximum absolute atomic E-state index is 12.7. The van der Waals surface area contributed by atoms with Crippen molar-refractivity contribution in [2.75, 3.05) is 26.2 Å². The van der Waals surface area contributed by atoms with Gasteiger partial charge < -0.3 is 5.11 Å². The molecular formula is C12H17N3O4S2. The van der Waals surface area contributed by atoms with Crippen molar-refractivity contribution in [1.82, 2.24) is 14.2 Å². The van der Waals surface area contributed by atoms with Gasteiger partial charge in [0.05, 0.1) is 5.51 Å². The van der Waals surface area contributed by atoms with E-state index in [2.05, 4.69) is 9.88 Å². The number of rotatable bonds is 3. The molecule has 0 bridgehead atoms. The van der Waals surface area contributed by atoms with E-state index >= 15 is 0 Å². The molecule has 0 aromatic carbocycles. The molecule has 0 radical (unpaired) electrons. The van der Waals surface area contributed by atoms with Crippen LogP contribution in [0.15, 0.2) is 9.72 Å². The van der Waals surface area contributed by atoms with E-state index in [9.17, 15) is 13.2 Å². The fourth-order valence-corrected chi connectivity index (χ4v) is 5.77. The summed E-state index contributed by atoms with van der Waals surface area (Å²) >= 11 is 0.873. The summed E-state index contributed by atoms with van der Waals surface area (Å²) in [5.74, 6) is -1.30. The standard InChI is InChI=1S/C12H17N3O4S2/c16-11(17)10-12(20-8-13-10)21(18,19)15-6-5-14-4-2-1-3-9(14)7-15/h8-9H,1-7H2,(H,16,17). The molecule has 2 aliphatic heterocycles. The highest BCUT2D eigenvalue weighted by atomic mass is 32.2. The zero-order chi connectivity index (χ0) is 15.0. The van der Waals surface area contributed by atoms with Crippen LogP contribution in [0.2, 0.25) is 0 Å². The number of hydrogen-bond donors (Lipinski definition) is 1. The molecule has 2 fully saturated rings. The molecule has 21 heavy (non-hydrogen) atoms. The lowest BCUT2D eigenvalue weighted by atomic mass is 10.0. The quantitative estimate of drug-likeness (QED) is 0.877. The molecule has 0 spiro atoms. The molecular weight excluding hydrogens is 314 g/mol. The predicted molar refractivity (Wildman–Crippen MR) is 77.0 cm³/mol. The van der Waals surface area contributed by atoms with E-state index in [0.29, 0.717) is 19.6 Å². The molecule has 3 heterocycles. The SMILES string of the molecule is O=C(O)c1ncsc1S(=O)(=O)N1CCN2CCCCC2C1. The molecule has 116 valence electrons. The number of thiazole rings is 1. The second-order valence-corrected chi connectivity index (χ2v) is 8.33. The van der Waals surface area contributed by atoms with Crippen LogP contribution in [0.3, 0.4) is 0 Å². The Morgan fingerprint density at radius 3 is 2.90 bits per heavy atom. The van der Waals surface area contributed by atoms with E-state index in [1.54, 1.807) is 0 Å². The summed E-state index contributed by atoms with van der Waals surface area (Å²) in [5, 5.41) is 9.06. The summed E-state index contributed by atoms with van der Waals surface area (Å²) in [6.45, 7) is 2.60. The largest absolute Gasteiger partial charge is 0.476 e. The minimum absolute atomic E-state index is 0.153. The second-order valence-electron chi connectivity index (χ2n) is 5.34. The van der Waals surface area contributed by atoms with Crippen molar-refractivity contribution in [1.29, 1.82) is 0 Å². The van der Waals surface area contributed by atoms with E-state index in [1.807, 2.05) is 0 Å². The van der Waals surface area contributed by atoms with Crippen LogP contribution in [0.5, 0.6) is 0 Å². The van der Waals surface area contributed by atoms with Crippen molar-refractivity contribution in [3.8, 4) is 0 Å². The molecule has 9 heteroatoms. The first-order chi connectivity index (χ1) is 10.00. The number of carbonyl (C=O) groups is 1. The summed E-state index contributed by atoms with van der Waals surface area (Å²) in [4.78, 5) is 17.1. The van der Waals surface area contributed by atoms with Crippen LogP contribution < -0.4 is 0 Å². The Balaban J connectivity index is 1.85. The van der Waals surface area contributed by atoms with Crippen LogP contribution >= 0.6 is 11.3 Å². The zero-order valence-electron chi connectivity index (χ0n) is 11.4. The molecule has 2 saturated heterocycles. The number of aromatic carboxylic acids is 1. The topological polar surface area (TPSA) is 90.8 Å². The molecule has 1 atom stereocenters. The van der Waals surface area contributed by atoms with E-state index in [0.717, 1.165) is 30.7 Å². The van der Waals surface area contributed by atoms with Crippen molar-refractivity contribution < 1.29 is 18.3 Å². The lowest BCUT2D eigenvalue weighted by Gasteiger charge is -2.43. The monoisotopic (exact) mass is 331 g/mol. The smallest absolute Gasteiger partial charge is 0.356 e. The minimum atomic E-state index is -3.76. The van der Waals surface area contributed by atoms with Gasteiger partial charge in [-0.2, -0.15) is 4.31 Å². The lowest BCUT2D eigenvalue weighted by molar-refractivity contribution is 0.0686. The molecule has 1 N–H and O–H groups in total. The number of fused-ring (bicyclic) bond motifs is 1. The minimum Gasteiger partial charge on any atom is -0.476 e. The average molecular weight is 331 g/mol. The highest BCUT2D eigenvalue weighted by Gasteiger charge is 2.37. The normalized spacial score (nSPS) is 24.7. The van der Waals surface area contributed by atoms with E-state index in [-0.39, 0.29) is 15.9 Å². The second kappa shape index (κ2) is 5.64. The van der Waals surface area contributed by atoms with E-state index in [1.165, 1.54) is 16.2 Å². The Hall–Kier alpha value is -1.03. The Labute approximate surface area is 127 Å². The van der Waals surface area contributed by atoms with Gasteiger partial charge in [-0.15, -0.1) is 11.3 Å². The first kappa shape index (κ1) is 14.9. The predicted octanol–water partition coefficient (Wildman–Crippen LogP) is 0.700. The number of piperidine rings is 1. The third kappa shape index (κ3) is 2.70. The third-order valence-corrected chi connectivity index (χ3v) is 7.32. The van der Waals surface area contributed by atoms with Gasteiger partial charge in [0.25, 0.3) is 10.0 Å². The van der Waals surface area contributed by atoms with Crippen LogP contribution in [-0.2, 0) is 10.0 Å². The molecule has 0 aliphatic carbocycles. The van der Waals surface area contributed by atoms with Crippen molar-refractivity contribution in [2.24, 2.45) is 0 Å². The van der Waals surface area contributed by atoms with Gasteiger partial charge in [-0.25, -0.2) is 18.2 Å². The van der Waals surface area contributed by atoms with Gasteiger partial charge in [0.2, 0.25) is 0 Å². The maximum atomic E-state index is 12.7. The molecule has 0 saturated carbocycles. The van der Waals surface area contributed by atoms with Crippen LogP contribution in [0.1, 0.15) is 29.8 Å². The Kier molecular flexibility index (Phi) is 4.00. The fraction of sp³-hybridized carbons (Fsp3) is 0.667.